The molecule has 1 fully saturated rings. The maximum atomic E-state index is 5.31. The number of hydrogen-bond donors (Lipinski definition) is 1. The molecule has 0 radical (unpaired) electrons. The number of rotatable bonds is 4. The monoisotopic (exact) mass is 227 g/mol. The minimum Gasteiger partial charge on any atom is -0.468 e. The van der Waals surface area contributed by atoms with E-state index in [4.69, 9.17) is 4.42 Å². The SMILES string of the molecule is Cc1ccc(C2CC2NCc2ccco2)cc1. The summed E-state index contributed by atoms with van der Waals surface area (Å²) in [4.78, 5) is 0. The van der Waals surface area contributed by atoms with Crippen LogP contribution in [0.3, 0.4) is 0 Å². The van der Waals surface area contributed by atoms with Gasteiger partial charge in [0.15, 0.2) is 0 Å². The van der Waals surface area contributed by atoms with E-state index in [0.717, 1.165) is 12.3 Å². The molecule has 2 unspecified atom stereocenters. The second-order valence-corrected chi connectivity index (χ2v) is 4.82. The van der Waals surface area contributed by atoms with E-state index in [1.807, 2.05) is 12.1 Å². The van der Waals surface area contributed by atoms with Crippen LogP contribution in [0.2, 0.25) is 0 Å². The van der Waals surface area contributed by atoms with Crippen LogP contribution in [0.4, 0.5) is 0 Å². The summed E-state index contributed by atoms with van der Waals surface area (Å²) in [5.41, 5.74) is 2.78. The van der Waals surface area contributed by atoms with E-state index in [-0.39, 0.29) is 0 Å². The van der Waals surface area contributed by atoms with Crippen LogP contribution in [0.25, 0.3) is 0 Å². The third kappa shape index (κ3) is 2.42. The Balaban J connectivity index is 1.54. The van der Waals surface area contributed by atoms with Crippen LogP contribution in [0.1, 0.15) is 29.2 Å². The third-order valence-electron chi connectivity index (χ3n) is 3.41. The number of furan rings is 1. The first-order chi connectivity index (χ1) is 8.33. The fourth-order valence-electron chi connectivity index (χ4n) is 2.25. The Hall–Kier alpha value is -1.54. The summed E-state index contributed by atoms with van der Waals surface area (Å²) in [6.45, 7) is 2.96. The molecule has 2 nitrogen and oxygen atoms in total. The van der Waals surface area contributed by atoms with Crippen LogP contribution < -0.4 is 5.32 Å². The van der Waals surface area contributed by atoms with E-state index in [1.54, 1.807) is 6.26 Å². The van der Waals surface area contributed by atoms with Crippen molar-refractivity contribution in [1.29, 1.82) is 0 Å². The molecular weight excluding hydrogens is 210 g/mol. The molecule has 2 heteroatoms. The van der Waals surface area contributed by atoms with E-state index < -0.39 is 0 Å². The van der Waals surface area contributed by atoms with E-state index in [9.17, 15) is 0 Å². The van der Waals surface area contributed by atoms with Gasteiger partial charge in [-0.2, -0.15) is 0 Å². The predicted molar refractivity (Wildman–Crippen MR) is 67.9 cm³/mol. The van der Waals surface area contributed by atoms with Gasteiger partial charge in [0.25, 0.3) is 0 Å². The van der Waals surface area contributed by atoms with Crippen LogP contribution in [-0.2, 0) is 6.54 Å². The zero-order valence-electron chi connectivity index (χ0n) is 10.0. The number of benzene rings is 1. The van der Waals surface area contributed by atoms with Crippen LogP contribution in [-0.4, -0.2) is 6.04 Å². The predicted octanol–water partition coefficient (Wildman–Crippen LogP) is 3.23. The van der Waals surface area contributed by atoms with Crippen molar-refractivity contribution >= 4 is 0 Å². The van der Waals surface area contributed by atoms with Crippen molar-refractivity contribution < 1.29 is 4.42 Å². The van der Waals surface area contributed by atoms with Gasteiger partial charge in [0.1, 0.15) is 5.76 Å². The molecule has 0 saturated heterocycles. The van der Waals surface area contributed by atoms with Gasteiger partial charge in [0, 0.05) is 12.0 Å². The van der Waals surface area contributed by atoms with Crippen molar-refractivity contribution in [1.82, 2.24) is 5.32 Å². The molecule has 17 heavy (non-hydrogen) atoms. The zero-order chi connectivity index (χ0) is 11.7. The molecule has 3 rings (SSSR count). The fraction of sp³-hybridized carbons (Fsp3) is 0.333. The Bertz CT molecular complexity index is 472. The Morgan fingerprint density at radius 1 is 1.24 bits per heavy atom. The summed E-state index contributed by atoms with van der Waals surface area (Å²) in [5, 5.41) is 3.53. The molecule has 1 aromatic carbocycles. The largest absolute Gasteiger partial charge is 0.468 e. The van der Waals surface area contributed by atoms with E-state index in [1.165, 1.54) is 17.5 Å². The average Bonchev–Trinajstić information content (AvgIpc) is 2.93. The number of hydrogen-bond acceptors (Lipinski definition) is 2. The molecular formula is C15H17NO. The quantitative estimate of drug-likeness (QED) is 0.867. The normalized spacial score (nSPS) is 22.6. The highest BCUT2D eigenvalue weighted by atomic mass is 16.3. The molecule has 1 aromatic heterocycles. The molecule has 1 heterocycles. The van der Waals surface area contributed by atoms with Crippen molar-refractivity contribution in [3.63, 3.8) is 0 Å². The zero-order valence-corrected chi connectivity index (χ0v) is 10.0. The van der Waals surface area contributed by atoms with Gasteiger partial charge in [-0.05, 0) is 31.0 Å². The second kappa shape index (κ2) is 4.38. The first-order valence-corrected chi connectivity index (χ1v) is 6.15. The summed E-state index contributed by atoms with van der Waals surface area (Å²) in [6, 6.07) is 13.4. The first kappa shape index (κ1) is 10.6. The van der Waals surface area contributed by atoms with E-state index >= 15 is 0 Å². The molecule has 2 atom stereocenters. The molecule has 1 N–H and O–H groups in total. The summed E-state index contributed by atoms with van der Waals surface area (Å²) in [7, 11) is 0. The summed E-state index contributed by atoms with van der Waals surface area (Å²) in [6.07, 6.45) is 2.96. The maximum Gasteiger partial charge on any atom is 0.117 e. The molecule has 1 aliphatic rings. The van der Waals surface area contributed by atoms with Gasteiger partial charge in [0.2, 0.25) is 0 Å². The Kier molecular flexibility index (Phi) is 2.73. The van der Waals surface area contributed by atoms with Gasteiger partial charge < -0.3 is 9.73 Å². The molecule has 1 aliphatic carbocycles. The highest BCUT2D eigenvalue weighted by molar-refractivity contribution is 5.30. The topological polar surface area (TPSA) is 25.2 Å². The van der Waals surface area contributed by atoms with Gasteiger partial charge >= 0.3 is 0 Å². The lowest BCUT2D eigenvalue weighted by Crippen LogP contribution is -2.16. The van der Waals surface area contributed by atoms with E-state index in [0.29, 0.717) is 12.0 Å². The summed E-state index contributed by atoms with van der Waals surface area (Å²) in [5.74, 6) is 1.70. The Morgan fingerprint density at radius 3 is 2.76 bits per heavy atom. The highest BCUT2D eigenvalue weighted by Crippen LogP contribution is 2.40. The standard InChI is InChI=1S/C15H17NO/c1-11-4-6-12(7-5-11)14-9-15(14)16-10-13-3-2-8-17-13/h2-8,14-16H,9-10H2,1H3. The average molecular weight is 227 g/mol. The lowest BCUT2D eigenvalue weighted by Gasteiger charge is -2.03. The molecule has 0 amide bonds. The van der Waals surface area contributed by atoms with Crippen molar-refractivity contribution in [2.24, 2.45) is 0 Å². The molecule has 0 aliphatic heterocycles. The van der Waals surface area contributed by atoms with Gasteiger partial charge in [-0.3, -0.25) is 0 Å². The minimum absolute atomic E-state index is 0.614. The van der Waals surface area contributed by atoms with Crippen LogP contribution >= 0.6 is 0 Å². The molecule has 88 valence electrons. The Labute approximate surface area is 102 Å². The van der Waals surface area contributed by atoms with Crippen molar-refractivity contribution in [2.45, 2.75) is 31.8 Å². The molecule has 1 saturated carbocycles. The van der Waals surface area contributed by atoms with E-state index in [2.05, 4.69) is 36.5 Å². The highest BCUT2D eigenvalue weighted by Gasteiger charge is 2.37. The lowest BCUT2D eigenvalue weighted by atomic mass is 10.1. The lowest BCUT2D eigenvalue weighted by molar-refractivity contribution is 0.480. The van der Waals surface area contributed by atoms with Gasteiger partial charge in [-0.1, -0.05) is 29.8 Å². The van der Waals surface area contributed by atoms with Crippen molar-refractivity contribution in [3.8, 4) is 0 Å². The van der Waals surface area contributed by atoms with Gasteiger partial charge in [0.05, 0.1) is 12.8 Å². The van der Waals surface area contributed by atoms with Crippen molar-refractivity contribution in [2.75, 3.05) is 0 Å². The van der Waals surface area contributed by atoms with Crippen LogP contribution in [0.15, 0.2) is 47.1 Å². The number of nitrogens with one attached hydrogen (secondary N) is 1. The van der Waals surface area contributed by atoms with Gasteiger partial charge in [-0.15, -0.1) is 0 Å². The molecule has 0 bridgehead atoms. The molecule has 0 spiro atoms. The minimum atomic E-state index is 0.614. The Morgan fingerprint density at radius 2 is 2.06 bits per heavy atom. The smallest absolute Gasteiger partial charge is 0.117 e. The van der Waals surface area contributed by atoms with Gasteiger partial charge in [-0.25, -0.2) is 0 Å². The van der Waals surface area contributed by atoms with Crippen LogP contribution in [0.5, 0.6) is 0 Å². The number of aryl methyl sites for hydroxylation is 1. The second-order valence-electron chi connectivity index (χ2n) is 4.82. The van der Waals surface area contributed by atoms with Crippen molar-refractivity contribution in [3.05, 3.63) is 59.5 Å². The fourth-order valence-corrected chi connectivity index (χ4v) is 2.25. The third-order valence-corrected chi connectivity index (χ3v) is 3.41. The summed E-state index contributed by atoms with van der Waals surface area (Å²) >= 11 is 0. The maximum absolute atomic E-state index is 5.31. The molecule has 2 aromatic rings. The van der Waals surface area contributed by atoms with Crippen LogP contribution in [0, 0.1) is 6.92 Å². The summed E-state index contributed by atoms with van der Waals surface area (Å²) < 4.78 is 5.31. The first-order valence-electron chi connectivity index (χ1n) is 6.15.